The van der Waals surface area contributed by atoms with Gasteiger partial charge in [-0.1, -0.05) is 31.2 Å². The first-order chi connectivity index (χ1) is 12.7. The fourth-order valence-electron chi connectivity index (χ4n) is 3.16. The number of aliphatic hydroxyl groups is 2. The van der Waals surface area contributed by atoms with Crippen molar-refractivity contribution in [2.24, 2.45) is 0 Å². The number of benzene rings is 1. The lowest BCUT2D eigenvalue weighted by molar-refractivity contribution is -0.0555. The molecule has 26 heavy (non-hydrogen) atoms. The summed E-state index contributed by atoms with van der Waals surface area (Å²) >= 11 is 0. The van der Waals surface area contributed by atoms with Crippen LogP contribution in [0.25, 0.3) is 0 Å². The van der Waals surface area contributed by atoms with Gasteiger partial charge in [0.05, 0.1) is 31.5 Å². The Kier molecular flexibility index (Phi) is 9.53. The molecule has 6 nitrogen and oxygen atoms in total. The number of aliphatic hydroxyl groups excluding tert-OH is 2. The number of methoxy groups -OCH3 is 1. The third kappa shape index (κ3) is 6.61. The molecule has 4 atom stereocenters. The minimum atomic E-state index is -0.510. The molecule has 0 aromatic heterocycles. The highest BCUT2D eigenvalue weighted by atomic mass is 16.5. The molecule has 0 bridgehead atoms. The fraction of sp³-hybridized carbons (Fsp3) is 0.700. The molecule has 1 heterocycles. The van der Waals surface area contributed by atoms with Crippen LogP contribution in [0, 0.1) is 0 Å². The van der Waals surface area contributed by atoms with Gasteiger partial charge in [-0.2, -0.15) is 0 Å². The summed E-state index contributed by atoms with van der Waals surface area (Å²) in [6.45, 7) is 5.39. The van der Waals surface area contributed by atoms with Gasteiger partial charge in [0.15, 0.2) is 0 Å². The molecule has 1 aliphatic rings. The van der Waals surface area contributed by atoms with E-state index in [0.717, 1.165) is 17.5 Å². The van der Waals surface area contributed by atoms with Crippen LogP contribution in [0.15, 0.2) is 24.3 Å². The van der Waals surface area contributed by atoms with Crippen molar-refractivity contribution in [1.82, 2.24) is 5.32 Å². The summed E-state index contributed by atoms with van der Waals surface area (Å²) in [7, 11) is 1.69. The van der Waals surface area contributed by atoms with Gasteiger partial charge in [0.25, 0.3) is 0 Å². The van der Waals surface area contributed by atoms with E-state index in [1.54, 1.807) is 7.11 Å². The summed E-state index contributed by atoms with van der Waals surface area (Å²) in [6, 6.07) is 8.16. The average molecular weight is 367 g/mol. The van der Waals surface area contributed by atoms with Gasteiger partial charge >= 0.3 is 0 Å². The van der Waals surface area contributed by atoms with E-state index in [-0.39, 0.29) is 12.0 Å². The van der Waals surface area contributed by atoms with E-state index in [4.69, 9.17) is 14.2 Å². The lowest BCUT2D eigenvalue weighted by atomic mass is 9.85. The summed E-state index contributed by atoms with van der Waals surface area (Å²) in [5.41, 5.74) is 2.16. The van der Waals surface area contributed by atoms with Crippen LogP contribution >= 0.6 is 0 Å². The Balaban J connectivity index is 1.92. The molecule has 148 valence electrons. The molecule has 1 fully saturated rings. The predicted molar refractivity (Wildman–Crippen MR) is 100 cm³/mol. The van der Waals surface area contributed by atoms with Crippen molar-refractivity contribution in [2.75, 3.05) is 40.0 Å². The van der Waals surface area contributed by atoms with Crippen molar-refractivity contribution in [3.63, 3.8) is 0 Å². The smallest absolute Gasteiger partial charge is 0.0794 e. The largest absolute Gasteiger partial charge is 0.391 e. The predicted octanol–water partition coefficient (Wildman–Crippen LogP) is 1.44. The van der Waals surface area contributed by atoms with Crippen molar-refractivity contribution in [3.05, 3.63) is 35.4 Å². The monoisotopic (exact) mass is 367 g/mol. The number of hydrogen-bond donors (Lipinski definition) is 3. The SMILES string of the molecule is CCC(O)CO[C@@H]1CNC[C@H](O)C1c1ccc(COCCCOC)cc1. The van der Waals surface area contributed by atoms with Gasteiger partial charge in [-0.3, -0.25) is 0 Å². The first-order valence-corrected chi connectivity index (χ1v) is 9.49. The average Bonchev–Trinajstić information content (AvgIpc) is 2.66. The summed E-state index contributed by atoms with van der Waals surface area (Å²) in [6.07, 6.45) is 0.414. The number of hydrogen-bond acceptors (Lipinski definition) is 6. The molecule has 2 rings (SSSR count). The summed E-state index contributed by atoms with van der Waals surface area (Å²) < 4.78 is 16.5. The molecule has 0 aliphatic carbocycles. The fourth-order valence-corrected chi connectivity index (χ4v) is 3.16. The zero-order valence-electron chi connectivity index (χ0n) is 15.9. The highest BCUT2D eigenvalue weighted by Gasteiger charge is 2.34. The number of nitrogens with one attached hydrogen (secondary N) is 1. The van der Waals surface area contributed by atoms with Crippen LogP contribution in [0.5, 0.6) is 0 Å². The minimum absolute atomic E-state index is 0.100. The summed E-state index contributed by atoms with van der Waals surface area (Å²) in [5.74, 6) is -0.100. The highest BCUT2D eigenvalue weighted by Crippen LogP contribution is 2.28. The highest BCUT2D eigenvalue weighted by molar-refractivity contribution is 5.27. The molecular weight excluding hydrogens is 334 g/mol. The summed E-state index contributed by atoms with van der Waals surface area (Å²) in [4.78, 5) is 0. The second-order valence-electron chi connectivity index (χ2n) is 6.83. The lowest BCUT2D eigenvalue weighted by Gasteiger charge is -2.36. The van der Waals surface area contributed by atoms with Gasteiger partial charge in [0.2, 0.25) is 0 Å². The van der Waals surface area contributed by atoms with Crippen LogP contribution in [0.2, 0.25) is 0 Å². The number of piperidine rings is 1. The Hall–Kier alpha value is -1.02. The first-order valence-electron chi connectivity index (χ1n) is 9.49. The van der Waals surface area contributed by atoms with Gasteiger partial charge in [-0.25, -0.2) is 0 Å². The standard InChI is InChI=1S/C20H33NO5/c1-3-17(22)14-26-19-12-21-11-18(23)20(19)16-7-5-15(6-8-16)13-25-10-4-9-24-2/h5-8,17-23H,3-4,9-14H2,1-2H3/t17?,18-,19+,20?/m0/s1. The normalized spacial score (nSPS) is 24.5. The molecular formula is C20H33NO5. The third-order valence-corrected chi connectivity index (χ3v) is 4.76. The van der Waals surface area contributed by atoms with Crippen molar-refractivity contribution in [2.45, 2.75) is 50.6 Å². The van der Waals surface area contributed by atoms with E-state index < -0.39 is 12.2 Å². The van der Waals surface area contributed by atoms with Crippen molar-refractivity contribution < 1.29 is 24.4 Å². The molecule has 1 aromatic carbocycles. The van der Waals surface area contributed by atoms with Crippen LogP contribution in [0.3, 0.4) is 0 Å². The van der Waals surface area contributed by atoms with E-state index in [9.17, 15) is 10.2 Å². The molecule has 0 saturated carbocycles. The topological polar surface area (TPSA) is 80.2 Å². The zero-order valence-corrected chi connectivity index (χ0v) is 15.9. The van der Waals surface area contributed by atoms with E-state index in [1.165, 1.54) is 0 Å². The molecule has 6 heteroatoms. The molecule has 2 unspecified atom stereocenters. The van der Waals surface area contributed by atoms with Gasteiger partial charge in [-0.15, -0.1) is 0 Å². The molecule has 1 aromatic rings. The maximum atomic E-state index is 10.5. The Morgan fingerprint density at radius 3 is 2.65 bits per heavy atom. The first kappa shape index (κ1) is 21.3. The van der Waals surface area contributed by atoms with Crippen LogP contribution in [-0.2, 0) is 20.8 Å². The number of rotatable bonds is 11. The van der Waals surface area contributed by atoms with Crippen molar-refractivity contribution in [3.8, 4) is 0 Å². The molecule has 0 spiro atoms. The Bertz CT molecular complexity index is 495. The quantitative estimate of drug-likeness (QED) is 0.514. The van der Waals surface area contributed by atoms with E-state index in [1.807, 2.05) is 31.2 Å². The van der Waals surface area contributed by atoms with Crippen LogP contribution in [-0.4, -0.2) is 68.5 Å². The van der Waals surface area contributed by atoms with Crippen molar-refractivity contribution >= 4 is 0 Å². The Labute approximate surface area is 156 Å². The van der Waals surface area contributed by atoms with Crippen LogP contribution in [0.4, 0.5) is 0 Å². The Morgan fingerprint density at radius 2 is 1.96 bits per heavy atom. The molecule has 3 N–H and O–H groups in total. The van der Waals surface area contributed by atoms with Gasteiger partial charge < -0.3 is 29.7 Å². The maximum absolute atomic E-state index is 10.5. The zero-order chi connectivity index (χ0) is 18.8. The lowest BCUT2D eigenvalue weighted by Crippen LogP contribution is -2.50. The number of ether oxygens (including phenoxy) is 3. The summed E-state index contributed by atoms with van der Waals surface area (Å²) in [5, 5.41) is 23.4. The second kappa shape index (κ2) is 11.6. The van der Waals surface area contributed by atoms with Gasteiger partial charge in [0, 0.05) is 39.3 Å². The van der Waals surface area contributed by atoms with Crippen LogP contribution in [0.1, 0.15) is 36.8 Å². The van der Waals surface area contributed by atoms with E-state index in [2.05, 4.69) is 5.32 Å². The van der Waals surface area contributed by atoms with E-state index >= 15 is 0 Å². The van der Waals surface area contributed by atoms with Crippen LogP contribution < -0.4 is 5.32 Å². The Morgan fingerprint density at radius 1 is 1.19 bits per heavy atom. The molecule has 1 saturated heterocycles. The molecule has 0 amide bonds. The van der Waals surface area contributed by atoms with Crippen molar-refractivity contribution in [1.29, 1.82) is 0 Å². The minimum Gasteiger partial charge on any atom is -0.391 e. The molecule has 0 radical (unpaired) electrons. The third-order valence-electron chi connectivity index (χ3n) is 4.76. The number of β-amino-alcohol motifs (C(OH)–C–C–N with tert-alkyl or cyclic N) is 1. The van der Waals surface area contributed by atoms with Gasteiger partial charge in [0.1, 0.15) is 0 Å². The maximum Gasteiger partial charge on any atom is 0.0794 e. The van der Waals surface area contributed by atoms with E-state index in [0.29, 0.717) is 45.9 Å². The molecule has 1 aliphatic heterocycles. The second-order valence-corrected chi connectivity index (χ2v) is 6.83. The van der Waals surface area contributed by atoms with Gasteiger partial charge in [-0.05, 0) is 24.0 Å².